The summed E-state index contributed by atoms with van der Waals surface area (Å²) in [4.78, 5) is 23.7. The van der Waals surface area contributed by atoms with Crippen LogP contribution in [0.25, 0.3) is 0 Å². The van der Waals surface area contributed by atoms with Crippen molar-refractivity contribution in [2.75, 3.05) is 23.7 Å². The summed E-state index contributed by atoms with van der Waals surface area (Å²) in [5.41, 5.74) is 1.54. The molecular weight excluding hydrogens is 434 g/mol. The molecule has 3 N–H and O–H groups in total. The predicted molar refractivity (Wildman–Crippen MR) is 117 cm³/mol. The standard InChI is InChI=1S/C22H21N3O6S/c1-30-20-12-16(6-9-18(20)24-22(27)19-3-2-10-31-19)25-32(28,29)17-7-4-14(5-8-17)15-11-21(26)23-13-15/h2-10,12,15,25H,11,13H2,1H3,(H,23,26)(H,24,27)/t15-/m1/s1. The number of methoxy groups -OCH3 is 1. The van der Waals surface area contributed by atoms with Gasteiger partial charge in [-0.3, -0.25) is 14.3 Å². The largest absolute Gasteiger partial charge is 0.494 e. The third kappa shape index (κ3) is 4.59. The minimum Gasteiger partial charge on any atom is -0.494 e. The third-order valence-electron chi connectivity index (χ3n) is 5.09. The summed E-state index contributed by atoms with van der Waals surface area (Å²) in [6.45, 7) is 0.547. The molecule has 32 heavy (non-hydrogen) atoms. The summed E-state index contributed by atoms with van der Waals surface area (Å²) < 4.78 is 38.5. The summed E-state index contributed by atoms with van der Waals surface area (Å²) in [6.07, 6.45) is 1.79. The molecule has 9 nitrogen and oxygen atoms in total. The number of ether oxygens (including phenoxy) is 1. The number of nitrogens with one attached hydrogen (secondary N) is 3. The van der Waals surface area contributed by atoms with Crippen LogP contribution in [0.2, 0.25) is 0 Å². The molecule has 0 aliphatic carbocycles. The molecule has 0 radical (unpaired) electrons. The highest BCUT2D eigenvalue weighted by atomic mass is 32.2. The van der Waals surface area contributed by atoms with Crippen LogP contribution in [-0.2, 0) is 14.8 Å². The number of furan rings is 1. The van der Waals surface area contributed by atoms with E-state index in [-0.39, 0.29) is 33.9 Å². The highest BCUT2D eigenvalue weighted by Gasteiger charge is 2.24. The van der Waals surface area contributed by atoms with Crippen molar-refractivity contribution in [1.82, 2.24) is 5.32 Å². The molecule has 2 amide bonds. The maximum atomic E-state index is 12.8. The Balaban J connectivity index is 1.49. The lowest BCUT2D eigenvalue weighted by atomic mass is 9.99. The van der Waals surface area contributed by atoms with Gasteiger partial charge in [0, 0.05) is 24.9 Å². The normalized spacial score (nSPS) is 15.8. The number of hydrogen-bond donors (Lipinski definition) is 3. The summed E-state index contributed by atoms with van der Waals surface area (Å²) in [5, 5.41) is 5.43. The van der Waals surface area contributed by atoms with E-state index in [9.17, 15) is 18.0 Å². The number of rotatable bonds is 7. The van der Waals surface area contributed by atoms with Gasteiger partial charge in [0.25, 0.3) is 15.9 Å². The zero-order valence-electron chi connectivity index (χ0n) is 17.1. The SMILES string of the molecule is COc1cc(NS(=O)(=O)c2ccc([C@H]3CNC(=O)C3)cc2)ccc1NC(=O)c1ccco1. The van der Waals surface area contributed by atoms with Crippen molar-refractivity contribution in [2.45, 2.75) is 17.2 Å². The fraction of sp³-hybridized carbons (Fsp3) is 0.182. The second-order valence-electron chi connectivity index (χ2n) is 7.23. The second kappa shape index (κ2) is 8.75. The molecule has 0 unspecified atom stereocenters. The zero-order chi connectivity index (χ0) is 22.7. The van der Waals surface area contributed by atoms with Crippen LogP contribution in [0.4, 0.5) is 11.4 Å². The van der Waals surface area contributed by atoms with E-state index in [2.05, 4.69) is 15.4 Å². The smallest absolute Gasteiger partial charge is 0.291 e. The molecule has 2 aromatic carbocycles. The van der Waals surface area contributed by atoms with E-state index in [0.29, 0.717) is 18.7 Å². The molecule has 4 rings (SSSR count). The van der Waals surface area contributed by atoms with Crippen LogP contribution < -0.4 is 20.1 Å². The minimum absolute atomic E-state index is 0.00823. The molecule has 1 saturated heterocycles. The van der Waals surface area contributed by atoms with Gasteiger partial charge in [-0.15, -0.1) is 0 Å². The number of amides is 2. The molecule has 1 aliphatic rings. The first-order valence-electron chi connectivity index (χ1n) is 9.78. The molecule has 1 aliphatic heterocycles. The Labute approximate surface area is 184 Å². The molecule has 1 aromatic heterocycles. The number of anilines is 2. The van der Waals surface area contributed by atoms with Crippen molar-refractivity contribution < 1.29 is 27.2 Å². The third-order valence-corrected chi connectivity index (χ3v) is 6.48. The Morgan fingerprint density at radius 2 is 1.94 bits per heavy atom. The van der Waals surface area contributed by atoms with Crippen LogP contribution in [0.15, 0.2) is 70.2 Å². The first-order chi connectivity index (χ1) is 15.4. The number of benzene rings is 2. The van der Waals surface area contributed by atoms with Crippen molar-refractivity contribution in [3.05, 3.63) is 72.2 Å². The van der Waals surface area contributed by atoms with Crippen molar-refractivity contribution in [2.24, 2.45) is 0 Å². The van der Waals surface area contributed by atoms with Crippen molar-refractivity contribution in [1.29, 1.82) is 0 Å². The summed E-state index contributed by atoms with van der Waals surface area (Å²) in [7, 11) is -2.44. The average Bonchev–Trinajstić information content (AvgIpc) is 3.47. The fourth-order valence-electron chi connectivity index (χ4n) is 3.42. The van der Waals surface area contributed by atoms with E-state index in [0.717, 1.165) is 5.56 Å². The Morgan fingerprint density at radius 1 is 1.16 bits per heavy atom. The molecule has 10 heteroatoms. The van der Waals surface area contributed by atoms with Crippen molar-refractivity contribution >= 4 is 33.2 Å². The lowest BCUT2D eigenvalue weighted by Crippen LogP contribution is -2.15. The molecule has 0 saturated carbocycles. The second-order valence-corrected chi connectivity index (χ2v) is 8.91. The fourth-order valence-corrected chi connectivity index (χ4v) is 4.47. The highest BCUT2D eigenvalue weighted by Crippen LogP contribution is 2.30. The van der Waals surface area contributed by atoms with Gasteiger partial charge >= 0.3 is 0 Å². The van der Waals surface area contributed by atoms with E-state index in [1.165, 1.54) is 49.8 Å². The Kier molecular flexibility index (Phi) is 5.87. The van der Waals surface area contributed by atoms with Gasteiger partial charge in [0.05, 0.1) is 29.6 Å². The molecule has 1 fully saturated rings. The quantitative estimate of drug-likeness (QED) is 0.503. The Morgan fingerprint density at radius 3 is 2.56 bits per heavy atom. The van der Waals surface area contributed by atoms with Gasteiger partial charge in [0.2, 0.25) is 5.91 Å². The van der Waals surface area contributed by atoms with Gasteiger partial charge in [0.15, 0.2) is 5.76 Å². The maximum Gasteiger partial charge on any atom is 0.291 e. The van der Waals surface area contributed by atoms with Gasteiger partial charge in [-0.25, -0.2) is 8.42 Å². The predicted octanol–water partition coefficient (Wildman–Crippen LogP) is 2.94. The molecule has 166 valence electrons. The van der Waals surface area contributed by atoms with Crippen LogP contribution in [-0.4, -0.2) is 33.9 Å². The molecular formula is C22H21N3O6S. The Bertz CT molecular complexity index is 1240. The van der Waals surface area contributed by atoms with Crippen LogP contribution >= 0.6 is 0 Å². The van der Waals surface area contributed by atoms with Crippen LogP contribution in [0, 0.1) is 0 Å². The highest BCUT2D eigenvalue weighted by molar-refractivity contribution is 7.92. The van der Waals surface area contributed by atoms with Gasteiger partial charge in [-0.1, -0.05) is 12.1 Å². The van der Waals surface area contributed by atoms with E-state index in [1.54, 1.807) is 18.2 Å². The molecule has 3 aromatic rings. The lowest BCUT2D eigenvalue weighted by molar-refractivity contribution is -0.119. The first-order valence-corrected chi connectivity index (χ1v) is 11.3. The summed E-state index contributed by atoms with van der Waals surface area (Å²) in [5.74, 6) is -0.00992. The lowest BCUT2D eigenvalue weighted by Gasteiger charge is -2.14. The number of carbonyl (C=O) groups is 2. The van der Waals surface area contributed by atoms with E-state index in [1.807, 2.05) is 0 Å². The van der Waals surface area contributed by atoms with Gasteiger partial charge < -0.3 is 19.8 Å². The van der Waals surface area contributed by atoms with Crippen LogP contribution in [0.1, 0.15) is 28.5 Å². The molecule has 0 bridgehead atoms. The van der Waals surface area contributed by atoms with Crippen LogP contribution in [0.3, 0.4) is 0 Å². The zero-order valence-corrected chi connectivity index (χ0v) is 17.9. The molecule has 1 atom stereocenters. The maximum absolute atomic E-state index is 12.8. The summed E-state index contributed by atoms with van der Waals surface area (Å²) >= 11 is 0. The minimum atomic E-state index is -3.85. The average molecular weight is 455 g/mol. The van der Waals surface area contributed by atoms with Gasteiger partial charge in [0.1, 0.15) is 5.75 Å². The van der Waals surface area contributed by atoms with Crippen LogP contribution in [0.5, 0.6) is 5.75 Å². The van der Waals surface area contributed by atoms with E-state index in [4.69, 9.17) is 9.15 Å². The first kappa shape index (κ1) is 21.4. The van der Waals surface area contributed by atoms with E-state index < -0.39 is 15.9 Å². The van der Waals surface area contributed by atoms with Crippen molar-refractivity contribution in [3.63, 3.8) is 0 Å². The number of carbonyl (C=O) groups excluding carboxylic acids is 2. The van der Waals surface area contributed by atoms with Crippen molar-refractivity contribution in [3.8, 4) is 5.75 Å². The topological polar surface area (TPSA) is 127 Å². The number of hydrogen-bond acceptors (Lipinski definition) is 6. The number of sulfonamides is 1. The van der Waals surface area contributed by atoms with Gasteiger partial charge in [-0.2, -0.15) is 0 Å². The molecule has 0 spiro atoms. The molecule has 2 heterocycles. The monoisotopic (exact) mass is 455 g/mol. The Hall–Kier alpha value is -3.79. The van der Waals surface area contributed by atoms with Gasteiger partial charge in [-0.05, 0) is 42.0 Å². The van der Waals surface area contributed by atoms with E-state index >= 15 is 0 Å². The summed E-state index contributed by atoms with van der Waals surface area (Å²) in [6, 6.07) is 14.1.